The third-order valence-corrected chi connectivity index (χ3v) is 4.16. The fourth-order valence-corrected chi connectivity index (χ4v) is 3.19. The minimum Gasteiger partial charge on any atom is -0.382 e. The van der Waals surface area contributed by atoms with Crippen LogP contribution in [0.25, 0.3) is 21.4 Å². The van der Waals surface area contributed by atoms with E-state index < -0.39 is 0 Å². The van der Waals surface area contributed by atoms with Crippen LogP contribution >= 0.6 is 22.9 Å². The summed E-state index contributed by atoms with van der Waals surface area (Å²) in [7, 11) is 0. The summed E-state index contributed by atoms with van der Waals surface area (Å²) in [5.41, 5.74) is 6.99. The van der Waals surface area contributed by atoms with E-state index in [1.54, 1.807) is 6.33 Å². The van der Waals surface area contributed by atoms with E-state index in [9.17, 15) is 0 Å². The van der Waals surface area contributed by atoms with Crippen molar-refractivity contribution in [1.82, 2.24) is 29.5 Å². The summed E-state index contributed by atoms with van der Waals surface area (Å²) < 4.78 is 1.82. The Morgan fingerprint density at radius 3 is 3.05 bits per heavy atom. The highest BCUT2D eigenvalue weighted by Crippen LogP contribution is 2.25. The summed E-state index contributed by atoms with van der Waals surface area (Å²) in [6.07, 6.45) is 3.05. The molecule has 2 N–H and O–H groups in total. The van der Waals surface area contributed by atoms with Crippen LogP contribution in [0.3, 0.4) is 0 Å². The first-order valence-electron chi connectivity index (χ1n) is 6.03. The van der Waals surface area contributed by atoms with Crippen LogP contribution in [-0.2, 0) is 6.54 Å². The first-order chi connectivity index (χ1) is 10.2. The second-order valence-electron chi connectivity index (χ2n) is 4.37. The van der Waals surface area contributed by atoms with Gasteiger partial charge in [0.15, 0.2) is 17.3 Å². The van der Waals surface area contributed by atoms with Crippen LogP contribution in [-0.4, -0.2) is 29.5 Å². The van der Waals surface area contributed by atoms with Crippen LogP contribution in [0.1, 0.15) is 5.82 Å². The number of fused-ring (bicyclic) bond motifs is 2. The molecule has 21 heavy (non-hydrogen) atoms. The summed E-state index contributed by atoms with van der Waals surface area (Å²) in [6, 6.07) is 1.91. The quantitative estimate of drug-likeness (QED) is 0.569. The van der Waals surface area contributed by atoms with E-state index in [-0.39, 0.29) is 0 Å². The molecule has 0 aliphatic heterocycles. The molecule has 0 atom stereocenters. The van der Waals surface area contributed by atoms with Crippen molar-refractivity contribution in [3.8, 4) is 0 Å². The third kappa shape index (κ3) is 1.99. The average Bonchev–Trinajstić information content (AvgIpc) is 3.07. The van der Waals surface area contributed by atoms with Crippen molar-refractivity contribution < 1.29 is 0 Å². The number of thiophene rings is 1. The van der Waals surface area contributed by atoms with Gasteiger partial charge in [0.25, 0.3) is 0 Å². The molecule has 4 aromatic rings. The van der Waals surface area contributed by atoms with E-state index >= 15 is 0 Å². The maximum Gasteiger partial charge on any atom is 0.165 e. The zero-order valence-electron chi connectivity index (χ0n) is 10.6. The maximum absolute atomic E-state index is 6.17. The topological polar surface area (TPSA) is 95.4 Å². The fourth-order valence-electron chi connectivity index (χ4n) is 2.10. The second kappa shape index (κ2) is 4.61. The summed E-state index contributed by atoms with van der Waals surface area (Å²) in [6.45, 7) is 0.417. The Balaban J connectivity index is 1.81. The van der Waals surface area contributed by atoms with E-state index in [1.807, 2.05) is 16.0 Å². The summed E-state index contributed by atoms with van der Waals surface area (Å²) >= 11 is 7.70. The highest BCUT2D eigenvalue weighted by atomic mass is 35.5. The van der Waals surface area contributed by atoms with Crippen molar-refractivity contribution in [1.29, 1.82) is 0 Å². The van der Waals surface area contributed by atoms with E-state index in [2.05, 4.69) is 24.9 Å². The smallest absolute Gasteiger partial charge is 0.165 e. The molecule has 4 aromatic heterocycles. The monoisotopic (exact) mass is 317 g/mol. The number of nitrogen functional groups attached to an aromatic ring is 1. The molecular weight excluding hydrogens is 310 g/mol. The van der Waals surface area contributed by atoms with Crippen molar-refractivity contribution in [2.24, 2.45) is 0 Å². The predicted molar refractivity (Wildman–Crippen MR) is 81.3 cm³/mol. The molecule has 0 bridgehead atoms. The molecule has 0 unspecified atom stereocenters. The Bertz CT molecular complexity index is 961. The lowest BCUT2D eigenvalue weighted by Crippen LogP contribution is -2.04. The Kier molecular flexibility index (Phi) is 2.72. The van der Waals surface area contributed by atoms with Gasteiger partial charge in [-0.1, -0.05) is 11.6 Å². The average molecular weight is 318 g/mol. The number of imidazole rings is 1. The van der Waals surface area contributed by atoms with Crippen molar-refractivity contribution in [3.05, 3.63) is 35.1 Å². The van der Waals surface area contributed by atoms with Gasteiger partial charge in [-0.05, 0) is 11.4 Å². The van der Waals surface area contributed by atoms with Crippen LogP contribution in [0.5, 0.6) is 0 Å². The number of anilines is 1. The molecule has 7 nitrogen and oxygen atoms in total. The Hall–Kier alpha value is -2.32. The molecule has 9 heteroatoms. The molecule has 0 radical (unpaired) electrons. The molecule has 0 aromatic carbocycles. The molecule has 0 amide bonds. The van der Waals surface area contributed by atoms with E-state index in [0.29, 0.717) is 34.5 Å². The van der Waals surface area contributed by atoms with Crippen molar-refractivity contribution >= 4 is 50.1 Å². The highest BCUT2D eigenvalue weighted by molar-refractivity contribution is 7.16. The summed E-state index contributed by atoms with van der Waals surface area (Å²) in [5.74, 6) is 0.956. The van der Waals surface area contributed by atoms with Gasteiger partial charge in [-0.15, -0.1) is 11.3 Å². The Morgan fingerprint density at radius 1 is 1.24 bits per heavy atom. The third-order valence-electron chi connectivity index (χ3n) is 3.07. The number of rotatable bonds is 2. The molecule has 0 spiro atoms. The summed E-state index contributed by atoms with van der Waals surface area (Å²) in [4.78, 5) is 22.0. The van der Waals surface area contributed by atoms with Gasteiger partial charge >= 0.3 is 0 Å². The summed E-state index contributed by atoms with van der Waals surface area (Å²) in [5, 5.41) is 3.26. The lowest BCUT2D eigenvalue weighted by Gasteiger charge is -2.04. The first kappa shape index (κ1) is 12.4. The number of hydrogen-bond acceptors (Lipinski definition) is 7. The highest BCUT2D eigenvalue weighted by Gasteiger charge is 2.11. The second-order valence-corrected chi connectivity index (χ2v) is 5.63. The standard InChI is InChI=1S/C12H8ClN7S/c13-9-6-1-2-21-12(6)19-7(18-9)3-20-5-17-8-10(14)15-4-16-11(8)20/h1-2,4-5H,3H2,(H2,14,15,16). The largest absolute Gasteiger partial charge is 0.382 e. The minimum absolute atomic E-state index is 0.353. The van der Waals surface area contributed by atoms with Crippen LogP contribution in [0.4, 0.5) is 5.82 Å². The van der Waals surface area contributed by atoms with Gasteiger partial charge in [0, 0.05) is 5.39 Å². The van der Waals surface area contributed by atoms with Gasteiger partial charge in [0.2, 0.25) is 0 Å². The molecule has 0 aliphatic carbocycles. The fraction of sp³-hybridized carbons (Fsp3) is 0.0833. The van der Waals surface area contributed by atoms with E-state index in [0.717, 1.165) is 10.2 Å². The SMILES string of the molecule is Nc1ncnc2c1ncn2Cc1nc(Cl)c2ccsc2n1. The molecule has 0 saturated carbocycles. The molecular formula is C12H8ClN7S. The molecule has 4 rings (SSSR count). The maximum atomic E-state index is 6.17. The predicted octanol–water partition coefficient (Wildman–Crippen LogP) is 2.11. The number of aromatic nitrogens is 6. The molecule has 0 fully saturated rings. The Morgan fingerprint density at radius 2 is 2.14 bits per heavy atom. The van der Waals surface area contributed by atoms with Gasteiger partial charge in [-0.2, -0.15) is 0 Å². The molecule has 0 saturated heterocycles. The molecule has 0 aliphatic rings. The number of nitrogens with zero attached hydrogens (tertiary/aromatic N) is 6. The van der Waals surface area contributed by atoms with Gasteiger partial charge in [0.1, 0.15) is 21.8 Å². The number of hydrogen-bond donors (Lipinski definition) is 1. The van der Waals surface area contributed by atoms with Gasteiger partial charge in [-0.25, -0.2) is 24.9 Å². The molecule has 4 heterocycles. The van der Waals surface area contributed by atoms with Crippen LogP contribution < -0.4 is 5.73 Å². The lowest BCUT2D eigenvalue weighted by molar-refractivity contribution is 0.763. The Labute approximate surface area is 127 Å². The van der Waals surface area contributed by atoms with Crippen molar-refractivity contribution in [2.75, 3.05) is 5.73 Å². The van der Waals surface area contributed by atoms with Gasteiger partial charge in [0.05, 0.1) is 12.9 Å². The first-order valence-corrected chi connectivity index (χ1v) is 7.29. The zero-order chi connectivity index (χ0) is 14.4. The number of halogens is 1. The van der Waals surface area contributed by atoms with Crippen molar-refractivity contribution in [2.45, 2.75) is 6.54 Å². The van der Waals surface area contributed by atoms with Crippen molar-refractivity contribution in [3.63, 3.8) is 0 Å². The normalized spacial score (nSPS) is 11.5. The minimum atomic E-state index is 0.353. The molecule has 104 valence electrons. The van der Waals surface area contributed by atoms with Gasteiger partial charge < -0.3 is 10.3 Å². The van der Waals surface area contributed by atoms with E-state index in [4.69, 9.17) is 17.3 Å². The lowest BCUT2D eigenvalue weighted by atomic mass is 10.4. The van der Waals surface area contributed by atoms with Crippen LogP contribution in [0.2, 0.25) is 5.15 Å². The van der Waals surface area contributed by atoms with Crippen LogP contribution in [0.15, 0.2) is 24.1 Å². The zero-order valence-corrected chi connectivity index (χ0v) is 12.1. The number of nitrogens with two attached hydrogens (primary N) is 1. The van der Waals surface area contributed by atoms with Gasteiger partial charge in [-0.3, -0.25) is 0 Å². The van der Waals surface area contributed by atoms with E-state index in [1.165, 1.54) is 17.7 Å². The van der Waals surface area contributed by atoms with Crippen LogP contribution in [0, 0.1) is 0 Å².